The van der Waals surface area contributed by atoms with Gasteiger partial charge >= 0.3 is 0 Å². The third kappa shape index (κ3) is 4.60. The van der Waals surface area contributed by atoms with Gasteiger partial charge in [-0.25, -0.2) is 14.3 Å². The Bertz CT molecular complexity index is 579. The smallest absolute Gasteiger partial charge is 0.267 e. The second-order valence-electron chi connectivity index (χ2n) is 5.41. The van der Waals surface area contributed by atoms with Crippen LogP contribution in [-0.2, 0) is 4.79 Å². The van der Waals surface area contributed by atoms with E-state index in [0.29, 0.717) is 0 Å². The van der Waals surface area contributed by atoms with E-state index in [2.05, 4.69) is 5.32 Å². The summed E-state index contributed by atoms with van der Waals surface area (Å²) in [6.45, 7) is 4.49. The normalized spacial score (nSPS) is 12.5. The van der Waals surface area contributed by atoms with Crippen molar-refractivity contribution in [3.8, 4) is 5.75 Å². The molecule has 0 saturated carbocycles. The van der Waals surface area contributed by atoms with Gasteiger partial charge in [0, 0.05) is 11.1 Å². The third-order valence-electron chi connectivity index (χ3n) is 2.94. The lowest BCUT2D eigenvalue weighted by molar-refractivity contribution is -0.132. The fraction of sp³-hybridized carbons (Fsp3) is 0.429. The van der Waals surface area contributed by atoms with E-state index in [1.165, 1.54) is 19.3 Å². The van der Waals surface area contributed by atoms with Crippen molar-refractivity contribution in [3.63, 3.8) is 0 Å². The molecule has 0 bridgehead atoms. The Morgan fingerprint density at radius 1 is 1.35 bits per heavy atom. The highest BCUT2D eigenvalue weighted by molar-refractivity contribution is 5.98. The van der Waals surface area contributed by atoms with Crippen LogP contribution in [0.5, 0.6) is 5.75 Å². The van der Waals surface area contributed by atoms with E-state index in [1.807, 2.05) is 0 Å². The molecule has 9 heteroatoms. The van der Waals surface area contributed by atoms with Crippen LogP contribution in [0.1, 0.15) is 31.1 Å². The Labute approximate surface area is 131 Å². The molecule has 7 nitrogen and oxygen atoms in total. The molecule has 0 saturated heterocycles. The first-order valence-electron chi connectivity index (χ1n) is 6.77. The van der Waals surface area contributed by atoms with Gasteiger partial charge in [-0.05, 0) is 32.9 Å². The van der Waals surface area contributed by atoms with Gasteiger partial charge in [0.1, 0.15) is 6.04 Å². The molecule has 0 fully saturated rings. The number of benzene rings is 1. The lowest BCUT2D eigenvalue weighted by Crippen LogP contribution is -2.61. The summed E-state index contributed by atoms with van der Waals surface area (Å²) in [6.07, 6.45) is 0. The van der Waals surface area contributed by atoms with E-state index < -0.39 is 40.8 Å². The highest BCUT2D eigenvalue weighted by Gasteiger charge is 2.33. The maximum absolute atomic E-state index is 13.8. The van der Waals surface area contributed by atoms with Crippen molar-refractivity contribution in [1.29, 1.82) is 0 Å². The van der Waals surface area contributed by atoms with Crippen LogP contribution in [0.15, 0.2) is 12.1 Å². The summed E-state index contributed by atoms with van der Waals surface area (Å²) in [5.41, 5.74) is 5.54. The third-order valence-corrected chi connectivity index (χ3v) is 2.94. The van der Waals surface area contributed by atoms with E-state index in [-0.39, 0.29) is 12.2 Å². The maximum Gasteiger partial charge on any atom is 0.267 e. The fourth-order valence-electron chi connectivity index (χ4n) is 1.84. The summed E-state index contributed by atoms with van der Waals surface area (Å²) in [5.74, 6) is -4.58. The second-order valence-corrected chi connectivity index (χ2v) is 5.41. The number of nitrogens with one attached hydrogen (secondary N) is 2. The summed E-state index contributed by atoms with van der Waals surface area (Å²) in [4.78, 5) is 23.7. The Morgan fingerprint density at radius 3 is 2.26 bits per heavy atom. The van der Waals surface area contributed by atoms with Gasteiger partial charge in [0.2, 0.25) is 0 Å². The molecule has 5 N–H and O–H groups in total. The fourth-order valence-corrected chi connectivity index (χ4v) is 1.84. The number of halogens is 2. The van der Waals surface area contributed by atoms with Gasteiger partial charge in [-0.2, -0.15) is 0 Å². The summed E-state index contributed by atoms with van der Waals surface area (Å²) >= 11 is 0. The zero-order valence-corrected chi connectivity index (χ0v) is 12.9. The molecule has 1 atom stereocenters. The average molecular weight is 331 g/mol. The molecule has 0 aliphatic heterocycles. The van der Waals surface area contributed by atoms with E-state index in [0.717, 1.165) is 12.1 Å². The lowest BCUT2D eigenvalue weighted by Gasteiger charge is -2.29. The van der Waals surface area contributed by atoms with Gasteiger partial charge in [0.05, 0.1) is 6.61 Å². The predicted molar refractivity (Wildman–Crippen MR) is 77.0 cm³/mol. The number of carbonyl (C=O) groups excluding carboxylic acids is 2. The van der Waals surface area contributed by atoms with E-state index in [1.54, 1.807) is 6.92 Å². The number of amides is 2. The Morgan fingerprint density at radius 2 is 1.87 bits per heavy atom. The van der Waals surface area contributed by atoms with Gasteiger partial charge in [-0.15, -0.1) is 0 Å². The van der Waals surface area contributed by atoms with Crippen LogP contribution in [0.25, 0.3) is 0 Å². The van der Waals surface area contributed by atoms with Crippen LogP contribution < -0.4 is 21.3 Å². The van der Waals surface area contributed by atoms with Gasteiger partial charge < -0.3 is 15.8 Å². The molecule has 0 heterocycles. The van der Waals surface area contributed by atoms with Crippen molar-refractivity contribution in [2.24, 2.45) is 5.73 Å². The number of ether oxygens (including phenoxy) is 1. The largest absolute Gasteiger partial charge is 0.488 e. The molecule has 0 aliphatic carbocycles. The molecular weight excluding hydrogens is 312 g/mol. The molecule has 0 aromatic heterocycles. The quantitative estimate of drug-likeness (QED) is 0.453. The summed E-state index contributed by atoms with van der Waals surface area (Å²) in [5, 5.41) is 10.9. The SMILES string of the molecule is CCOc1c(F)cc(C(=O)NC(C(=O)NO)C(C)(C)N)cc1F. The van der Waals surface area contributed by atoms with Crippen molar-refractivity contribution < 1.29 is 28.3 Å². The van der Waals surface area contributed by atoms with Crippen LogP contribution in [0.4, 0.5) is 8.78 Å². The van der Waals surface area contributed by atoms with E-state index in [4.69, 9.17) is 15.7 Å². The first-order chi connectivity index (χ1) is 10.6. The number of hydrogen-bond acceptors (Lipinski definition) is 5. The number of carbonyl (C=O) groups is 2. The first kappa shape index (κ1) is 18.8. The average Bonchev–Trinajstić information content (AvgIpc) is 2.46. The van der Waals surface area contributed by atoms with Crippen molar-refractivity contribution in [2.45, 2.75) is 32.4 Å². The van der Waals surface area contributed by atoms with Crippen LogP contribution in [0.3, 0.4) is 0 Å². The van der Waals surface area contributed by atoms with Gasteiger partial charge in [0.25, 0.3) is 11.8 Å². The minimum absolute atomic E-state index is 0.0551. The molecule has 1 aromatic rings. The Kier molecular flexibility index (Phi) is 5.99. The molecule has 1 aromatic carbocycles. The molecule has 1 rings (SSSR count). The Hall–Kier alpha value is -2.26. The minimum Gasteiger partial charge on any atom is -0.488 e. The second kappa shape index (κ2) is 7.34. The monoisotopic (exact) mass is 331 g/mol. The standard InChI is InChI=1S/C14H19F2N3O4/c1-4-23-10-8(15)5-7(6-9(10)16)12(20)18-11(13(21)19-22)14(2,3)17/h5-6,11,22H,4,17H2,1-3H3,(H,18,20)(H,19,21). The predicted octanol–water partition coefficient (Wildman–Crippen LogP) is 0.705. The molecule has 0 radical (unpaired) electrons. The number of rotatable bonds is 6. The van der Waals surface area contributed by atoms with Crippen molar-refractivity contribution in [1.82, 2.24) is 10.8 Å². The highest BCUT2D eigenvalue weighted by Crippen LogP contribution is 2.23. The maximum atomic E-state index is 13.8. The number of hydroxylamine groups is 1. The van der Waals surface area contributed by atoms with Crippen molar-refractivity contribution >= 4 is 11.8 Å². The van der Waals surface area contributed by atoms with Gasteiger partial charge in [-0.1, -0.05) is 0 Å². The topological polar surface area (TPSA) is 114 Å². The minimum atomic E-state index is -1.32. The summed E-state index contributed by atoms with van der Waals surface area (Å²) in [6, 6.07) is 0.236. The zero-order valence-electron chi connectivity index (χ0n) is 12.9. The molecular formula is C14H19F2N3O4. The molecule has 128 valence electrons. The molecule has 2 amide bonds. The molecule has 1 unspecified atom stereocenters. The van der Waals surface area contributed by atoms with Crippen molar-refractivity contribution in [2.75, 3.05) is 6.61 Å². The zero-order chi connectivity index (χ0) is 17.8. The van der Waals surface area contributed by atoms with Crippen molar-refractivity contribution in [3.05, 3.63) is 29.3 Å². The van der Waals surface area contributed by atoms with Crippen LogP contribution >= 0.6 is 0 Å². The van der Waals surface area contributed by atoms with Crippen LogP contribution in [-0.4, -0.2) is 35.2 Å². The Balaban J connectivity index is 3.07. The lowest BCUT2D eigenvalue weighted by atomic mass is 9.95. The van der Waals surface area contributed by atoms with E-state index >= 15 is 0 Å². The van der Waals surface area contributed by atoms with Crippen LogP contribution in [0, 0.1) is 11.6 Å². The van der Waals surface area contributed by atoms with Gasteiger partial charge in [0.15, 0.2) is 17.4 Å². The van der Waals surface area contributed by atoms with E-state index in [9.17, 15) is 18.4 Å². The summed E-state index contributed by atoms with van der Waals surface area (Å²) in [7, 11) is 0. The molecule has 0 spiro atoms. The first-order valence-corrected chi connectivity index (χ1v) is 6.77. The van der Waals surface area contributed by atoms with Gasteiger partial charge in [-0.3, -0.25) is 14.8 Å². The molecule has 23 heavy (non-hydrogen) atoms. The highest BCUT2D eigenvalue weighted by atomic mass is 19.1. The molecule has 0 aliphatic rings. The summed E-state index contributed by atoms with van der Waals surface area (Å²) < 4.78 is 32.3. The number of nitrogens with two attached hydrogens (primary N) is 1. The number of hydrogen-bond donors (Lipinski definition) is 4. The van der Waals surface area contributed by atoms with Crippen LogP contribution in [0.2, 0.25) is 0 Å².